The largest absolute Gasteiger partial charge is 0.396 e. The summed E-state index contributed by atoms with van der Waals surface area (Å²) in [6.45, 7) is 2.24. The molecule has 26 heavy (non-hydrogen) atoms. The van der Waals surface area contributed by atoms with E-state index in [0.29, 0.717) is 6.42 Å². The first-order chi connectivity index (χ1) is 12.6. The molecule has 0 atom stereocenters. The van der Waals surface area contributed by atoms with Crippen molar-refractivity contribution in [2.45, 2.75) is 13.3 Å². The molecule has 0 radical (unpaired) electrons. The minimum atomic E-state index is 0.160. The molecule has 0 bridgehead atoms. The Labute approximate surface area is 157 Å². The highest BCUT2D eigenvalue weighted by atomic mass is 35.5. The van der Waals surface area contributed by atoms with Gasteiger partial charge < -0.3 is 9.51 Å². The molecule has 2 aromatic carbocycles. The highest BCUT2D eigenvalue weighted by molar-refractivity contribution is 6.30. The summed E-state index contributed by atoms with van der Waals surface area (Å²) in [5.41, 5.74) is 7.45. The number of nitrogens with zero attached hydrogens (tertiary/aromatic N) is 2. The van der Waals surface area contributed by atoms with Gasteiger partial charge in [0.1, 0.15) is 5.65 Å². The summed E-state index contributed by atoms with van der Waals surface area (Å²) in [4.78, 5) is 4.78. The molecule has 2 aromatic heterocycles. The lowest BCUT2D eigenvalue weighted by atomic mass is 10.0. The Morgan fingerprint density at radius 1 is 0.962 bits per heavy atom. The predicted molar refractivity (Wildman–Crippen MR) is 107 cm³/mol. The number of imidazole rings is 1. The third-order valence-corrected chi connectivity index (χ3v) is 4.79. The third-order valence-electron chi connectivity index (χ3n) is 4.54. The van der Waals surface area contributed by atoms with Gasteiger partial charge in [0, 0.05) is 29.6 Å². The van der Waals surface area contributed by atoms with Crippen LogP contribution < -0.4 is 0 Å². The maximum absolute atomic E-state index is 9.17. The summed E-state index contributed by atoms with van der Waals surface area (Å²) < 4.78 is 2.08. The minimum absolute atomic E-state index is 0.160. The van der Waals surface area contributed by atoms with Gasteiger partial charge in [0.05, 0.1) is 5.69 Å². The molecule has 3 nitrogen and oxygen atoms in total. The normalized spacial score (nSPS) is 11.2. The second-order valence-electron chi connectivity index (χ2n) is 6.45. The van der Waals surface area contributed by atoms with Gasteiger partial charge in [-0.1, -0.05) is 48.0 Å². The summed E-state index contributed by atoms with van der Waals surface area (Å²) in [6.07, 6.45) is 4.82. The fourth-order valence-corrected chi connectivity index (χ4v) is 3.35. The van der Waals surface area contributed by atoms with Crippen LogP contribution in [0.1, 0.15) is 11.1 Å². The standard InChI is InChI=1S/C22H19ClN2O/c1-15-11-19(18-4-2-3-16(12-18)9-10-26)13-25-14-21(24-22(15)25)17-5-7-20(23)8-6-17/h2-8,11-14,26H,9-10H2,1H3. The lowest BCUT2D eigenvalue weighted by Crippen LogP contribution is -1.93. The Bertz CT molecular complexity index is 1070. The first kappa shape index (κ1) is 16.8. The quantitative estimate of drug-likeness (QED) is 0.544. The van der Waals surface area contributed by atoms with Crippen molar-refractivity contribution < 1.29 is 5.11 Å². The summed E-state index contributed by atoms with van der Waals surface area (Å²) in [5, 5.41) is 9.90. The number of aromatic nitrogens is 2. The monoisotopic (exact) mass is 362 g/mol. The molecule has 4 rings (SSSR count). The van der Waals surface area contributed by atoms with Crippen LogP contribution in [0, 0.1) is 6.92 Å². The molecule has 4 heteroatoms. The number of rotatable bonds is 4. The Morgan fingerprint density at radius 2 is 1.77 bits per heavy atom. The van der Waals surface area contributed by atoms with Crippen molar-refractivity contribution in [3.05, 3.63) is 83.1 Å². The number of aliphatic hydroxyl groups is 1. The van der Waals surface area contributed by atoms with Crippen LogP contribution in [0.4, 0.5) is 0 Å². The van der Waals surface area contributed by atoms with E-state index in [0.717, 1.165) is 44.2 Å². The summed E-state index contributed by atoms with van der Waals surface area (Å²) >= 11 is 5.99. The predicted octanol–water partition coefficient (Wildman–Crippen LogP) is 5.16. The molecule has 0 aliphatic rings. The highest BCUT2D eigenvalue weighted by Crippen LogP contribution is 2.27. The van der Waals surface area contributed by atoms with Crippen LogP contribution in [-0.4, -0.2) is 21.1 Å². The van der Waals surface area contributed by atoms with Crippen LogP contribution in [-0.2, 0) is 6.42 Å². The molecule has 1 N–H and O–H groups in total. The van der Waals surface area contributed by atoms with E-state index in [4.69, 9.17) is 16.6 Å². The smallest absolute Gasteiger partial charge is 0.140 e. The van der Waals surface area contributed by atoms with E-state index in [2.05, 4.69) is 35.7 Å². The zero-order valence-corrected chi connectivity index (χ0v) is 15.2. The Morgan fingerprint density at radius 3 is 2.54 bits per heavy atom. The van der Waals surface area contributed by atoms with Gasteiger partial charge in [-0.3, -0.25) is 0 Å². The number of hydrogen-bond acceptors (Lipinski definition) is 2. The lowest BCUT2D eigenvalue weighted by Gasteiger charge is -2.07. The zero-order chi connectivity index (χ0) is 18.1. The molecule has 130 valence electrons. The van der Waals surface area contributed by atoms with Crippen molar-refractivity contribution in [2.75, 3.05) is 6.61 Å². The van der Waals surface area contributed by atoms with Gasteiger partial charge in [-0.2, -0.15) is 0 Å². The molecule has 0 saturated heterocycles. The second-order valence-corrected chi connectivity index (χ2v) is 6.89. The van der Waals surface area contributed by atoms with Crippen LogP contribution in [0.3, 0.4) is 0 Å². The van der Waals surface area contributed by atoms with Gasteiger partial charge in [0.25, 0.3) is 0 Å². The van der Waals surface area contributed by atoms with Crippen LogP contribution in [0.25, 0.3) is 28.0 Å². The molecule has 0 spiro atoms. The number of pyridine rings is 1. The van der Waals surface area contributed by atoms with E-state index in [-0.39, 0.29) is 6.61 Å². The van der Waals surface area contributed by atoms with Crippen LogP contribution in [0.5, 0.6) is 0 Å². The van der Waals surface area contributed by atoms with Crippen molar-refractivity contribution in [3.8, 4) is 22.4 Å². The van der Waals surface area contributed by atoms with Crippen LogP contribution in [0.2, 0.25) is 5.02 Å². The van der Waals surface area contributed by atoms with Gasteiger partial charge in [0.15, 0.2) is 0 Å². The number of aryl methyl sites for hydroxylation is 1. The van der Waals surface area contributed by atoms with Gasteiger partial charge in [-0.05, 0) is 53.8 Å². The number of fused-ring (bicyclic) bond motifs is 1. The van der Waals surface area contributed by atoms with E-state index in [1.807, 2.05) is 42.6 Å². The SMILES string of the molecule is Cc1cc(-c2cccc(CCO)c2)cn2cc(-c3ccc(Cl)cc3)nc12. The topological polar surface area (TPSA) is 37.5 Å². The second kappa shape index (κ2) is 6.94. The third kappa shape index (κ3) is 3.24. The molecule has 0 aliphatic carbocycles. The van der Waals surface area contributed by atoms with Crippen molar-refractivity contribution in [1.29, 1.82) is 0 Å². The molecular formula is C22H19ClN2O. The van der Waals surface area contributed by atoms with Crippen LogP contribution >= 0.6 is 11.6 Å². The molecule has 0 saturated carbocycles. The van der Waals surface area contributed by atoms with Gasteiger partial charge in [-0.15, -0.1) is 0 Å². The first-order valence-electron chi connectivity index (χ1n) is 8.59. The molecular weight excluding hydrogens is 344 g/mol. The fourth-order valence-electron chi connectivity index (χ4n) is 3.22. The number of hydrogen-bond donors (Lipinski definition) is 1. The molecule has 0 amide bonds. The summed E-state index contributed by atoms with van der Waals surface area (Å²) in [5.74, 6) is 0. The lowest BCUT2D eigenvalue weighted by molar-refractivity contribution is 0.299. The van der Waals surface area contributed by atoms with E-state index >= 15 is 0 Å². The Balaban J connectivity index is 1.79. The van der Waals surface area contributed by atoms with Crippen molar-refractivity contribution in [3.63, 3.8) is 0 Å². The molecule has 4 aromatic rings. The maximum Gasteiger partial charge on any atom is 0.140 e. The Hall–Kier alpha value is -2.62. The first-order valence-corrected chi connectivity index (χ1v) is 8.97. The summed E-state index contributed by atoms with van der Waals surface area (Å²) in [7, 11) is 0. The van der Waals surface area contributed by atoms with E-state index in [1.54, 1.807) is 0 Å². The highest BCUT2D eigenvalue weighted by Gasteiger charge is 2.09. The van der Waals surface area contributed by atoms with Crippen LogP contribution in [0.15, 0.2) is 67.0 Å². The van der Waals surface area contributed by atoms with Crippen molar-refractivity contribution in [1.82, 2.24) is 9.38 Å². The van der Waals surface area contributed by atoms with Crippen molar-refractivity contribution in [2.24, 2.45) is 0 Å². The van der Waals surface area contributed by atoms with Crippen molar-refractivity contribution >= 4 is 17.2 Å². The molecule has 0 unspecified atom stereocenters. The van der Waals surface area contributed by atoms with E-state index in [1.165, 1.54) is 0 Å². The average molecular weight is 363 g/mol. The van der Waals surface area contributed by atoms with Gasteiger partial charge >= 0.3 is 0 Å². The Kier molecular flexibility index (Phi) is 4.49. The average Bonchev–Trinajstić information content (AvgIpc) is 3.08. The van der Waals surface area contributed by atoms with E-state index in [9.17, 15) is 5.11 Å². The molecule has 2 heterocycles. The molecule has 0 aliphatic heterocycles. The van der Waals surface area contributed by atoms with Gasteiger partial charge in [-0.25, -0.2) is 4.98 Å². The zero-order valence-electron chi connectivity index (χ0n) is 14.5. The summed E-state index contributed by atoms with van der Waals surface area (Å²) in [6, 6.07) is 18.2. The fraction of sp³-hybridized carbons (Fsp3) is 0.136. The maximum atomic E-state index is 9.17. The number of benzene rings is 2. The number of halogens is 1. The van der Waals surface area contributed by atoms with E-state index < -0.39 is 0 Å². The molecule has 0 fully saturated rings. The van der Waals surface area contributed by atoms with Gasteiger partial charge in [0.2, 0.25) is 0 Å². The number of aliphatic hydroxyl groups excluding tert-OH is 1. The minimum Gasteiger partial charge on any atom is -0.396 e.